The molecule has 1 aliphatic heterocycles. The van der Waals surface area contributed by atoms with Crippen LogP contribution in [0.15, 0.2) is 24.5 Å². The Morgan fingerprint density at radius 2 is 2.15 bits per heavy atom. The molecule has 0 radical (unpaired) electrons. The molecule has 0 spiro atoms. The predicted octanol–water partition coefficient (Wildman–Crippen LogP) is 4.54. The van der Waals surface area contributed by atoms with E-state index in [1.54, 1.807) is 12.4 Å². The fourth-order valence-corrected chi connectivity index (χ4v) is 4.72. The van der Waals surface area contributed by atoms with E-state index in [1.807, 2.05) is 12.1 Å². The van der Waals surface area contributed by atoms with Crippen LogP contribution in [0.25, 0.3) is 11.3 Å². The summed E-state index contributed by atoms with van der Waals surface area (Å²) in [6, 6.07) is 3.96. The molecule has 1 atom stereocenters. The van der Waals surface area contributed by atoms with E-state index in [1.165, 1.54) is 26.4 Å². The van der Waals surface area contributed by atoms with Crippen LogP contribution in [-0.2, 0) is 16.9 Å². The quantitative estimate of drug-likeness (QED) is 0.759. The second-order valence-corrected chi connectivity index (χ2v) is 7.44. The Balaban J connectivity index is 1.95. The molecule has 4 rings (SSSR count). The Morgan fingerprint density at radius 3 is 2.85 bits per heavy atom. The molecule has 1 saturated carbocycles. The monoisotopic (exact) mass is 354 g/mol. The smallest absolute Gasteiger partial charge is 0.354 e. The van der Waals surface area contributed by atoms with Crippen LogP contribution in [0.1, 0.15) is 62.0 Å². The van der Waals surface area contributed by atoms with Crippen LogP contribution < -0.4 is 4.74 Å². The summed E-state index contributed by atoms with van der Waals surface area (Å²) in [5.74, 6) is 0.932. The highest BCUT2D eigenvalue weighted by molar-refractivity contribution is 5.91. The molecule has 1 aliphatic carbocycles. The van der Waals surface area contributed by atoms with Crippen LogP contribution in [0.4, 0.5) is 0 Å². The zero-order valence-corrected chi connectivity index (χ0v) is 15.7. The lowest BCUT2D eigenvalue weighted by molar-refractivity contribution is 0.00119. The zero-order chi connectivity index (χ0) is 18.3. The van der Waals surface area contributed by atoms with E-state index in [9.17, 15) is 4.79 Å². The number of ether oxygens (including phenoxy) is 2. The number of hydrogen-bond donors (Lipinski definition) is 0. The number of hydrogen-bond acceptors (Lipinski definition) is 4. The van der Waals surface area contributed by atoms with Crippen LogP contribution in [0.2, 0.25) is 0 Å². The minimum Gasteiger partial charge on any atom is -0.480 e. The highest BCUT2D eigenvalue weighted by Gasteiger charge is 2.46. The van der Waals surface area contributed by atoms with Crippen molar-refractivity contribution in [1.82, 2.24) is 9.55 Å². The summed E-state index contributed by atoms with van der Waals surface area (Å²) in [4.78, 5) is 16.7. The number of aromatic nitrogens is 2. The van der Waals surface area contributed by atoms with Crippen molar-refractivity contribution >= 4 is 5.97 Å². The second kappa shape index (κ2) is 6.45. The maximum Gasteiger partial charge on any atom is 0.354 e. The van der Waals surface area contributed by atoms with Gasteiger partial charge >= 0.3 is 5.97 Å². The average molecular weight is 354 g/mol. The summed E-state index contributed by atoms with van der Waals surface area (Å²) in [5, 5.41) is 0. The molecule has 138 valence electrons. The second-order valence-electron chi connectivity index (χ2n) is 7.44. The molecule has 26 heavy (non-hydrogen) atoms. The first-order chi connectivity index (χ1) is 12.6. The first kappa shape index (κ1) is 17.1. The van der Waals surface area contributed by atoms with Gasteiger partial charge < -0.3 is 14.0 Å². The van der Waals surface area contributed by atoms with Gasteiger partial charge in [0.15, 0.2) is 0 Å². The third-order valence-corrected chi connectivity index (χ3v) is 6.09. The van der Waals surface area contributed by atoms with Crippen molar-refractivity contribution in [3.05, 3.63) is 35.8 Å². The van der Waals surface area contributed by atoms with Gasteiger partial charge in [-0.15, -0.1) is 0 Å². The molecule has 1 fully saturated rings. The van der Waals surface area contributed by atoms with Gasteiger partial charge in [-0.3, -0.25) is 4.98 Å². The zero-order valence-electron chi connectivity index (χ0n) is 15.7. The molecule has 2 aromatic heterocycles. The molecular formula is C21H26N2O3. The molecule has 3 heterocycles. The van der Waals surface area contributed by atoms with Crippen LogP contribution in [0.5, 0.6) is 5.75 Å². The molecule has 0 amide bonds. The van der Waals surface area contributed by atoms with Gasteiger partial charge in [0.25, 0.3) is 0 Å². The number of nitrogens with zero attached hydrogens (tertiary/aromatic N) is 2. The highest BCUT2D eigenvalue weighted by Crippen LogP contribution is 2.52. The van der Waals surface area contributed by atoms with Gasteiger partial charge in [-0.1, -0.05) is 19.3 Å². The summed E-state index contributed by atoms with van der Waals surface area (Å²) < 4.78 is 13.7. The van der Waals surface area contributed by atoms with Crippen molar-refractivity contribution in [2.24, 2.45) is 5.92 Å². The van der Waals surface area contributed by atoms with Crippen molar-refractivity contribution in [3.63, 3.8) is 0 Å². The Bertz CT molecular complexity index is 836. The average Bonchev–Trinajstić information content (AvgIpc) is 3.09. The Morgan fingerprint density at radius 1 is 1.38 bits per heavy atom. The van der Waals surface area contributed by atoms with E-state index in [0.717, 1.165) is 35.4 Å². The summed E-state index contributed by atoms with van der Waals surface area (Å²) in [6.07, 6.45) is 9.63. The minimum atomic E-state index is -0.449. The van der Waals surface area contributed by atoms with Crippen LogP contribution >= 0.6 is 0 Å². The first-order valence-electron chi connectivity index (χ1n) is 9.55. The van der Waals surface area contributed by atoms with Gasteiger partial charge in [0.1, 0.15) is 17.0 Å². The molecule has 1 unspecified atom stereocenters. The van der Waals surface area contributed by atoms with Gasteiger partial charge in [0.2, 0.25) is 0 Å². The Kier molecular flexibility index (Phi) is 4.25. The van der Waals surface area contributed by atoms with Crippen molar-refractivity contribution in [2.75, 3.05) is 7.11 Å². The number of rotatable bonds is 3. The molecule has 0 N–H and O–H groups in total. The van der Waals surface area contributed by atoms with Crippen LogP contribution in [0, 0.1) is 5.92 Å². The normalized spacial score (nSPS) is 22.3. The van der Waals surface area contributed by atoms with E-state index in [-0.39, 0.29) is 5.97 Å². The molecular weight excluding hydrogens is 328 g/mol. The van der Waals surface area contributed by atoms with Gasteiger partial charge in [0.05, 0.1) is 19.0 Å². The van der Waals surface area contributed by atoms with E-state index in [2.05, 4.69) is 23.4 Å². The van der Waals surface area contributed by atoms with Gasteiger partial charge in [-0.2, -0.15) is 0 Å². The number of fused-ring (bicyclic) bond motifs is 3. The van der Waals surface area contributed by atoms with E-state index in [0.29, 0.717) is 18.2 Å². The Hall–Kier alpha value is -2.30. The Labute approximate surface area is 154 Å². The SMILES string of the molecule is CCn1c(C(=O)OC)cc2c1-c1ccncc1OC2(C)C1CCCCC1. The van der Waals surface area contributed by atoms with Crippen LogP contribution in [-0.4, -0.2) is 22.6 Å². The van der Waals surface area contributed by atoms with Crippen LogP contribution in [0.3, 0.4) is 0 Å². The maximum atomic E-state index is 12.4. The van der Waals surface area contributed by atoms with E-state index in [4.69, 9.17) is 9.47 Å². The topological polar surface area (TPSA) is 53.4 Å². The molecule has 5 heteroatoms. The highest BCUT2D eigenvalue weighted by atomic mass is 16.5. The molecule has 0 bridgehead atoms. The minimum absolute atomic E-state index is 0.303. The number of carbonyl (C=O) groups excluding carboxylic acids is 1. The molecule has 2 aromatic rings. The van der Waals surface area contributed by atoms with Gasteiger partial charge in [-0.05, 0) is 38.8 Å². The first-order valence-corrected chi connectivity index (χ1v) is 9.55. The third-order valence-electron chi connectivity index (χ3n) is 6.09. The molecule has 0 aromatic carbocycles. The lowest BCUT2D eigenvalue weighted by Gasteiger charge is -2.43. The maximum absolute atomic E-state index is 12.4. The largest absolute Gasteiger partial charge is 0.480 e. The van der Waals surface area contributed by atoms with Gasteiger partial charge in [0, 0.05) is 29.8 Å². The lowest BCUT2D eigenvalue weighted by Crippen LogP contribution is -2.41. The van der Waals surface area contributed by atoms with Crippen molar-refractivity contribution in [2.45, 2.75) is 58.1 Å². The molecule has 2 aliphatic rings. The summed E-state index contributed by atoms with van der Waals surface area (Å²) >= 11 is 0. The number of esters is 1. The van der Waals surface area contributed by atoms with Gasteiger partial charge in [-0.25, -0.2) is 4.79 Å². The summed E-state index contributed by atoms with van der Waals surface area (Å²) in [6.45, 7) is 4.93. The van der Waals surface area contributed by atoms with Crippen molar-refractivity contribution in [1.29, 1.82) is 0 Å². The third kappa shape index (κ3) is 2.44. The number of carbonyl (C=O) groups is 1. The fraction of sp³-hybridized carbons (Fsp3) is 0.524. The van der Waals surface area contributed by atoms with E-state index < -0.39 is 5.60 Å². The number of pyridine rings is 1. The van der Waals surface area contributed by atoms with E-state index >= 15 is 0 Å². The summed E-state index contributed by atoms with van der Waals surface area (Å²) in [7, 11) is 1.43. The van der Waals surface area contributed by atoms with Crippen molar-refractivity contribution < 1.29 is 14.3 Å². The fourth-order valence-electron chi connectivity index (χ4n) is 4.72. The predicted molar refractivity (Wildman–Crippen MR) is 99.2 cm³/mol. The van der Waals surface area contributed by atoms with Crippen molar-refractivity contribution in [3.8, 4) is 17.0 Å². The lowest BCUT2D eigenvalue weighted by atomic mass is 9.72. The standard InChI is InChI=1S/C21H26N2O3/c1-4-23-17(20(24)25-3)12-16-19(23)15-10-11-22-13-18(15)26-21(16,2)14-8-6-5-7-9-14/h10-14H,4-9H2,1-3H3. The molecule has 5 nitrogen and oxygen atoms in total. The number of methoxy groups -OCH3 is 1. The summed E-state index contributed by atoms with van der Waals surface area (Å²) in [5.41, 5.74) is 3.32. The molecule has 0 saturated heterocycles.